The molecule has 0 fully saturated rings. The fourth-order valence-corrected chi connectivity index (χ4v) is 22.1. The third-order valence-electron chi connectivity index (χ3n) is 4.02. The molecule has 0 saturated heterocycles. The lowest BCUT2D eigenvalue weighted by Gasteiger charge is -2.43. The van der Waals surface area contributed by atoms with Crippen LogP contribution in [0.3, 0.4) is 0 Å². The average Bonchev–Trinajstić information content (AvgIpc) is 2.53. The van der Waals surface area contributed by atoms with Crippen molar-refractivity contribution in [3.63, 3.8) is 0 Å². The van der Waals surface area contributed by atoms with Crippen LogP contribution in [0, 0.1) is 0 Å². The van der Waals surface area contributed by atoms with Crippen molar-refractivity contribution < 1.29 is 12.3 Å². The van der Waals surface area contributed by atoms with E-state index in [0.29, 0.717) is 12.1 Å². The number of hydrogen-bond acceptors (Lipinski definition) is 3. The van der Waals surface area contributed by atoms with Crippen LogP contribution in [0.4, 0.5) is 0 Å². The Bertz CT molecular complexity index is 321. The van der Waals surface area contributed by atoms with Gasteiger partial charge in [0.15, 0.2) is 0 Å². The summed E-state index contributed by atoms with van der Waals surface area (Å²) >= 11 is 25.6. The summed E-state index contributed by atoms with van der Waals surface area (Å²) in [6.45, 7) is 6.67. The van der Waals surface area contributed by atoms with Crippen LogP contribution in [0.25, 0.3) is 0 Å². The molecule has 0 heterocycles. The Balaban J connectivity index is 5.55. The maximum absolute atomic E-state index is 6.66. The molecular formula is C12H30Cl4O3Si4. The molecule has 0 amide bonds. The quantitative estimate of drug-likeness (QED) is 0.227. The first-order chi connectivity index (χ1) is 10.5. The van der Waals surface area contributed by atoms with E-state index in [9.17, 15) is 0 Å². The lowest BCUT2D eigenvalue weighted by Crippen LogP contribution is -2.59. The summed E-state index contributed by atoms with van der Waals surface area (Å²) in [5.74, 6) is 0. The second-order valence-electron chi connectivity index (χ2n) is 5.52. The van der Waals surface area contributed by atoms with Crippen LogP contribution in [0.5, 0.6) is 0 Å². The van der Waals surface area contributed by atoms with Gasteiger partial charge in [-0.1, -0.05) is 41.5 Å². The molecule has 0 radical (unpaired) electrons. The Hall–Kier alpha value is 1.91. The topological polar surface area (TPSA) is 27.7 Å². The smallest absolute Gasteiger partial charge is 0.380 e. The van der Waals surface area contributed by atoms with Gasteiger partial charge in [-0.3, -0.25) is 0 Å². The van der Waals surface area contributed by atoms with Crippen molar-refractivity contribution in [2.75, 3.05) is 0 Å². The van der Waals surface area contributed by atoms with Gasteiger partial charge in [0, 0.05) is 0 Å². The lowest BCUT2D eigenvalue weighted by molar-refractivity contribution is 0.315. The van der Waals surface area contributed by atoms with Crippen LogP contribution in [-0.2, 0) is 12.3 Å². The highest BCUT2D eigenvalue weighted by atomic mass is 35.7. The SMILES string of the molecule is CC[Si](Cl)(Cl)O[Si](CC)(CC)O[Si](CC)(CC)O[Si](Cl)(Cl)CC. The third kappa shape index (κ3) is 7.98. The fourth-order valence-electron chi connectivity index (χ4n) is 2.15. The summed E-state index contributed by atoms with van der Waals surface area (Å²) in [4.78, 5) is 0. The van der Waals surface area contributed by atoms with Gasteiger partial charge in [-0.05, 0) is 36.3 Å². The molecule has 0 saturated carbocycles. The van der Waals surface area contributed by atoms with E-state index in [2.05, 4.69) is 27.7 Å². The minimum atomic E-state index is -2.75. The second kappa shape index (κ2) is 10.3. The van der Waals surface area contributed by atoms with Crippen molar-refractivity contribution in [2.45, 2.75) is 77.8 Å². The van der Waals surface area contributed by atoms with Gasteiger partial charge in [-0.15, -0.1) is 44.3 Å². The zero-order chi connectivity index (χ0) is 18.4. The lowest BCUT2D eigenvalue weighted by atomic mass is 10.9. The van der Waals surface area contributed by atoms with Gasteiger partial charge in [-0.25, -0.2) is 0 Å². The van der Waals surface area contributed by atoms with Gasteiger partial charge in [0.05, 0.1) is 0 Å². The molecule has 0 bridgehead atoms. The van der Waals surface area contributed by atoms with Gasteiger partial charge < -0.3 is 12.3 Å². The van der Waals surface area contributed by atoms with Crippen molar-refractivity contribution in [3.05, 3.63) is 0 Å². The first kappa shape index (κ1) is 24.9. The van der Waals surface area contributed by atoms with Crippen molar-refractivity contribution in [1.82, 2.24) is 0 Å². The van der Waals surface area contributed by atoms with Gasteiger partial charge >= 0.3 is 31.0 Å². The van der Waals surface area contributed by atoms with Gasteiger partial charge in [0.2, 0.25) is 0 Å². The molecule has 0 aromatic carbocycles. The zero-order valence-electron chi connectivity index (χ0n) is 15.0. The van der Waals surface area contributed by atoms with Crippen LogP contribution >= 0.6 is 44.3 Å². The normalized spacial score (nSPS) is 14.3. The van der Waals surface area contributed by atoms with Crippen molar-refractivity contribution in [1.29, 1.82) is 0 Å². The highest BCUT2D eigenvalue weighted by molar-refractivity contribution is 7.44. The summed E-state index contributed by atoms with van der Waals surface area (Å²) < 4.78 is 19.2. The zero-order valence-corrected chi connectivity index (χ0v) is 22.0. The van der Waals surface area contributed by atoms with E-state index < -0.39 is 31.0 Å². The molecule has 0 N–H and O–H groups in total. The minimum Gasteiger partial charge on any atom is -0.415 e. The molecule has 0 atom stereocenters. The van der Waals surface area contributed by atoms with E-state index in [-0.39, 0.29) is 0 Å². The molecule has 140 valence electrons. The van der Waals surface area contributed by atoms with E-state index in [4.69, 9.17) is 56.7 Å². The average molecular weight is 477 g/mol. The highest BCUT2D eigenvalue weighted by Crippen LogP contribution is 2.37. The molecule has 0 rings (SSSR count). The Morgan fingerprint density at radius 3 is 0.913 bits per heavy atom. The largest absolute Gasteiger partial charge is 0.415 e. The van der Waals surface area contributed by atoms with Crippen molar-refractivity contribution in [3.8, 4) is 0 Å². The molecule has 0 aliphatic carbocycles. The molecule has 0 unspecified atom stereocenters. The summed E-state index contributed by atoms with van der Waals surface area (Å²) in [5.41, 5.74) is 0. The van der Waals surface area contributed by atoms with Crippen LogP contribution in [0.2, 0.25) is 36.3 Å². The Morgan fingerprint density at radius 2 is 0.739 bits per heavy atom. The summed E-state index contributed by atoms with van der Waals surface area (Å²) in [6.07, 6.45) is 0. The molecule has 0 aromatic rings. The van der Waals surface area contributed by atoms with Crippen molar-refractivity contribution >= 4 is 75.3 Å². The van der Waals surface area contributed by atoms with E-state index in [1.54, 1.807) is 0 Å². The standard InChI is InChI=1S/C12H30Cl4O3Si4/c1-7-20(8-2,18-22(13,14)11-5)17-21(9-3,10-4)19-23(15,16)12-6/h7-12H2,1-6H3. The van der Waals surface area contributed by atoms with Gasteiger partial charge in [0.1, 0.15) is 0 Å². The third-order valence-corrected chi connectivity index (χ3v) is 24.3. The Morgan fingerprint density at radius 1 is 0.478 bits per heavy atom. The summed E-state index contributed by atoms with van der Waals surface area (Å²) in [6, 6.07) is 4.37. The first-order valence-electron chi connectivity index (χ1n) is 8.34. The Labute approximate surface area is 164 Å². The molecule has 0 aliphatic rings. The molecule has 0 spiro atoms. The monoisotopic (exact) mass is 474 g/mol. The molecule has 11 heteroatoms. The predicted molar refractivity (Wildman–Crippen MR) is 113 cm³/mol. The maximum atomic E-state index is 6.66. The first-order valence-corrected chi connectivity index (χ1v) is 21.1. The molecule has 0 aliphatic heterocycles. The molecule has 0 aromatic heterocycles. The molecular weight excluding hydrogens is 446 g/mol. The maximum Gasteiger partial charge on any atom is 0.380 e. The summed E-state index contributed by atoms with van der Waals surface area (Å²) in [5, 5.41) is 0. The highest BCUT2D eigenvalue weighted by Gasteiger charge is 2.52. The number of hydrogen-bond donors (Lipinski definition) is 0. The predicted octanol–water partition coefficient (Wildman–Crippen LogP) is 6.87. The second-order valence-corrected chi connectivity index (χ2v) is 26.9. The summed E-state index contributed by atoms with van der Waals surface area (Å²) in [7, 11) is -5.10. The number of rotatable bonds is 12. The number of halogens is 4. The van der Waals surface area contributed by atoms with Gasteiger partial charge in [0.25, 0.3) is 0 Å². The fraction of sp³-hybridized carbons (Fsp3) is 1.00. The van der Waals surface area contributed by atoms with Crippen LogP contribution < -0.4 is 0 Å². The van der Waals surface area contributed by atoms with E-state index in [1.165, 1.54) is 0 Å². The van der Waals surface area contributed by atoms with E-state index >= 15 is 0 Å². The Kier molecular flexibility index (Phi) is 11.1. The van der Waals surface area contributed by atoms with Crippen LogP contribution in [0.15, 0.2) is 0 Å². The van der Waals surface area contributed by atoms with Crippen LogP contribution in [0.1, 0.15) is 41.5 Å². The van der Waals surface area contributed by atoms with E-state index in [1.807, 2.05) is 13.8 Å². The van der Waals surface area contributed by atoms with Crippen molar-refractivity contribution in [2.24, 2.45) is 0 Å². The molecule has 23 heavy (non-hydrogen) atoms. The van der Waals surface area contributed by atoms with E-state index in [0.717, 1.165) is 24.2 Å². The van der Waals surface area contributed by atoms with Gasteiger partial charge in [-0.2, -0.15) is 0 Å². The van der Waals surface area contributed by atoms with Crippen LogP contribution in [-0.4, -0.2) is 31.0 Å². The minimum absolute atomic E-state index is 0.626. The molecule has 3 nitrogen and oxygen atoms in total.